The number of carbonyl (C=O) groups excluding carboxylic acids is 1. The molecule has 1 unspecified atom stereocenters. The second kappa shape index (κ2) is 4.28. The Balaban J connectivity index is 1.84. The van der Waals surface area contributed by atoms with Gasteiger partial charge in [0, 0.05) is 5.56 Å². The summed E-state index contributed by atoms with van der Waals surface area (Å²) >= 11 is 0. The minimum absolute atomic E-state index is 0.166. The lowest BCUT2D eigenvalue weighted by Gasteiger charge is -2.17. The first-order chi connectivity index (χ1) is 8.76. The van der Waals surface area contributed by atoms with Crippen LogP contribution in [0.1, 0.15) is 18.4 Å². The molecule has 1 saturated carbocycles. The Labute approximate surface area is 106 Å². The van der Waals surface area contributed by atoms with Crippen molar-refractivity contribution in [2.45, 2.75) is 24.4 Å². The van der Waals surface area contributed by atoms with Gasteiger partial charge in [0.2, 0.25) is 0 Å². The highest BCUT2D eigenvalue weighted by molar-refractivity contribution is 5.87. The average molecular weight is 248 g/mol. The number of esters is 1. The molecule has 1 aromatic carbocycles. The maximum absolute atomic E-state index is 11.9. The van der Waals surface area contributed by atoms with E-state index in [0.29, 0.717) is 6.61 Å². The maximum Gasteiger partial charge on any atom is 0.316 e. The standard InChI is InChI=1S/C14H16O4/c1-16-13(15)14(6-7-14)11-4-2-3-5-12(11)18-9-10-8-17-10/h2-5,10H,6-9H2,1H3. The van der Waals surface area contributed by atoms with Gasteiger partial charge in [-0.25, -0.2) is 0 Å². The molecule has 0 amide bonds. The molecule has 0 aromatic heterocycles. The molecule has 1 saturated heterocycles. The Morgan fingerprint density at radius 2 is 2.17 bits per heavy atom. The van der Waals surface area contributed by atoms with Crippen molar-refractivity contribution in [1.82, 2.24) is 0 Å². The number of rotatable bonds is 5. The number of hydrogen-bond acceptors (Lipinski definition) is 4. The quantitative estimate of drug-likeness (QED) is 0.587. The third-order valence-corrected chi connectivity index (χ3v) is 3.56. The van der Waals surface area contributed by atoms with Gasteiger partial charge in [0.1, 0.15) is 18.5 Å². The number of benzene rings is 1. The Morgan fingerprint density at radius 3 is 2.78 bits per heavy atom. The zero-order valence-corrected chi connectivity index (χ0v) is 10.3. The van der Waals surface area contributed by atoms with Crippen LogP contribution in [0, 0.1) is 0 Å². The Hall–Kier alpha value is -1.55. The van der Waals surface area contributed by atoms with Gasteiger partial charge in [0.25, 0.3) is 0 Å². The van der Waals surface area contributed by atoms with Crippen LogP contribution in [0.4, 0.5) is 0 Å². The van der Waals surface area contributed by atoms with Gasteiger partial charge >= 0.3 is 5.97 Å². The van der Waals surface area contributed by atoms with Crippen molar-refractivity contribution in [2.75, 3.05) is 20.3 Å². The SMILES string of the molecule is COC(=O)C1(c2ccccc2OCC2CO2)CC1. The molecular formula is C14H16O4. The number of carbonyl (C=O) groups is 1. The Kier molecular flexibility index (Phi) is 2.74. The second-order valence-electron chi connectivity index (χ2n) is 4.84. The van der Waals surface area contributed by atoms with Crippen molar-refractivity contribution in [2.24, 2.45) is 0 Å². The molecular weight excluding hydrogens is 232 g/mol. The fourth-order valence-corrected chi connectivity index (χ4v) is 2.24. The van der Waals surface area contributed by atoms with Gasteiger partial charge in [0.05, 0.1) is 19.1 Å². The number of methoxy groups -OCH3 is 1. The average Bonchev–Trinajstić information content (AvgIpc) is 3.29. The van der Waals surface area contributed by atoms with Gasteiger partial charge in [-0.3, -0.25) is 4.79 Å². The lowest BCUT2D eigenvalue weighted by Crippen LogP contribution is -2.23. The van der Waals surface area contributed by atoms with Gasteiger partial charge in [-0.05, 0) is 18.9 Å². The van der Waals surface area contributed by atoms with Crippen LogP contribution in [-0.2, 0) is 19.7 Å². The van der Waals surface area contributed by atoms with Crippen molar-refractivity contribution in [1.29, 1.82) is 0 Å². The molecule has 4 nitrogen and oxygen atoms in total. The van der Waals surface area contributed by atoms with E-state index < -0.39 is 5.41 Å². The van der Waals surface area contributed by atoms with Gasteiger partial charge in [-0.1, -0.05) is 18.2 Å². The summed E-state index contributed by atoms with van der Waals surface area (Å²) in [6.45, 7) is 1.32. The minimum Gasteiger partial charge on any atom is -0.490 e. The smallest absolute Gasteiger partial charge is 0.316 e. The summed E-state index contributed by atoms with van der Waals surface area (Å²) in [4.78, 5) is 11.9. The predicted octanol–water partition coefficient (Wildman–Crippen LogP) is 1.67. The maximum atomic E-state index is 11.9. The molecule has 1 aliphatic heterocycles. The molecule has 2 fully saturated rings. The molecule has 3 rings (SSSR count). The zero-order valence-electron chi connectivity index (χ0n) is 10.3. The van der Waals surface area contributed by atoms with Gasteiger partial charge in [-0.2, -0.15) is 0 Å². The van der Waals surface area contributed by atoms with Crippen LogP contribution in [0.25, 0.3) is 0 Å². The zero-order chi connectivity index (χ0) is 12.6. The van der Waals surface area contributed by atoms with E-state index in [4.69, 9.17) is 14.2 Å². The summed E-state index contributed by atoms with van der Waals surface area (Å²) in [6.07, 6.45) is 1.88. The number of hydrogen-bond donors (Lipinski definition) is 0. The highest BCUT2D eigenvalue weighted by atomic mass is 16.6. The van der Waals surface area contributed by atoms with Gasteiger partial charge in [0.15, 0.2) is 0 Å². The van der Waals surface area contributed by atoms with Crippen LogP contribution in [0.15, 0.2) is 24.3 Å². The van der Waals surface area contributed by atoms with E-state index in [-0.39, 0.29) is 12.1 Å². The third-order valence-electron chi connectivity index (χ3n) is 3.56. The molecule has 0 N–H and O–H groups in total. The van der Waals surface area contributed by atoms with E-state index in [1.807, 2.05) is 24.3 Å². The van der Waals surface area contributed by atoms with Crippen molar-refractivity contribution < 1.29 is 19.0 Å². The normalized spacial score (nSPS) is 23.3. The van der Waals surface area contributed by atoms with Crippen molar-refractivity contribution in [3.05, 3.63) is 29.8 Å². The summed E-state index contributed by atoms with van der Waals surface area (Å²) in [6, 6.07) is 7.70. The van der Waals surface area contributed by atoms with E-state index >= 15 is 0 Å². The topological polar surface area (TPSA) is 48.1 Å². The fourth-order valence-electron chi connectivity index (χ4n) is 2.24. The van der Waals surface area contributed by atoms with Crippen LogP contribution < -0.4 is 4.74 Å². The van der Waals surface area contributed by atoms with Gasteiger partial charge < -0.3 is 14.2 Å². The van der Waals surface area contributed by atoms with Crippen molar-refractivity contribution >= 4 is 5.97 Å². The number of para-hydroxylation sites is 1. The van der Waals surface area contributed by atoms with E-state index in [0.717, 1.165) is 30.8 Å². The van der Waals surface area contributed by atoms with Gasteiger partial charge in [-0.15, -0.1) is 0 Å². The lowest BCUT2D eigenvalue weighted by molar-refractivity contribution is -0.143. The highest BCUT2D eigenvalue weighted by Crippen LogP contribution is 2.52. The highest BCUT2D eigenvalue weighted by Gasteiger charge is 2.54. The third kappa shape index (κ3) is 1.97. The second-order valence-corrected chi connectivity index (χ2v) is 4.84. The summed E-state index contributed by atoms with van der Waals surface area (Å²) in [5, 5.41) is 0. The molecule has 1 aliphatic carbocycles. The van der Waals surface area contributed by atoms with Crippen LogP contribution in [0.2, 0.25) is 0 Å². The number of ether oxygens (including phenoxy) is 3. The molecule has 4 heteroatoms. The Morgan fingerprint density at radius 1 is 1.44 bits per heavy atom. The summed E-state index contributed by atoms with van der Waals surface area (Å²) < 4.78 is 15.8. The number of epoxide rings is 1. The summed E-state index contributed by atoms with van der Waals surface area (Å²) in [7, 11) is 1.43. The molecule has 0 radical (unpaired) electrons. The lowest BCUT2D eigenvalue weighted by atomic mass is 9.95. The fraction of sp³-hybridized carbons (Fsp3) is 0.500. The van der Waals surface area contributed by atoms with E-state index in [1.54, 1.807) is 0 Å². The molecule has 0 bridgehead atoms. The minimum atomic E-state index is -0.476. The molecule has 18 heavy (non-hydrogen) atoms. The molecule has 2 aliphatic rings. The van der Waals surface area contributed by atoms with Crippen LogP contribution in [0.5, 0.6) is 5.75 Å². The molecule has 1 atom stereocenters. The Bertz CT molecular complexity index is 461. The van der Waals surface area contributed by atoms with E-state index in [9.17, 15) is 4.79 Å². The first kappa shape index (κ1) is 11.5. The van der Waals surface area contributed by atoms with Crippen LogP contribution in [-0.4, -0.2) is 32.4 Å². The summed E-state index contributed by atoms with van der Waals surface area (Å²) in [5.41, 5.74) is 0.466. The van der Waals surface area contributed by atoms with E-state index in [1.165, 1.54) is 7.11 Å². The molecule has 0 spiro atoms. The first-order valence-electron chi connectivity index (χ1n) is 6.18. The van der Waals surface area contributed by atoms with E-state index in [2.05, 4.69) is 0 Å². The molecule has 1 heterocycles. The molecule has 1 aromatic rings. The predicted molar refractivity (Wildman–Crippen MR) is 64.6 cm³/mol. The van der Waals surface area contributed by atoms with Crippen LogP contribution >= 0.6 is 0 Å². The molecule has 96 valence electrons. The largest absolute Gasteiger partial charge is 0.490 e. The monoisotopic (exact) mass is 248 g/mol. The van der Waals surface area contributed by atoms with Crippen molar-refractivity contribution in [3.63, 3.8) is 0 Å². The van der Waals surface area contributed by atoms with Crippen molar-refractivity contribution in [3.8, 4) is 5.75 Å². The van der Waals surface area contributed by atoms with Crippen LogP contribution in [0.3, 0.4) is 0 Å². The first-order valence-corrected chi connectivity index (χ1v) is 6.18. The summed E-state index contributed by atoms with van der Waals surface area (Å²) in [5.74, 6) is 0.608.